The second kappa shape index (κ2) is 7.06. The highest BCUT2D eigenvalue weighted by Gasteiger charge is 2.13. The van der Waals surface area contributed by atoms with Gasteiger partial charge in [-0.15, -0.1) is 0 Å². The summed E-state index contributed by atoms with van der Waals surface area (Å²) >= 11 is 0. The van der Waals surface area contributed by atoms with Crippen LogP contribution in [0.3, 0.4) is 0 Å². The lowest BCUT2D eigenvalue weighted by Gasteiger charge is -2.13. The molecular weight excluding hydrogens is 308 g/mol. The number of aryl methyl sites for hydroxylation is 2. The Kier molecular flexibility index (Phi) is 4.84. The minimum Gasteiger partial charge on any atom is -0.326 e. The molecule has 0 aliphatic carbocycles. The smallest absolute Gasteiger partial charge is 0.228 e. The summed E-state index contributed by atoms with van der Waals surface area (Å²) in [5.41, 5.74) is 6.11. The summed E-state index contributed by atoms with van der Waals surface area (Å²) in [5, 5.41) is 4.13. The number of hydrogen-bond acceptors (Lipinski definition) is 2. The summed E-state index contributed by atoms with van der Waals surface area (Å²) in [6.07, 6.45) is 0.335. The number of para-hydroxylation sites is 1. The first-order valence-electron chi connectivity index (χ1n) is 8.70. The first-order chi connectivity index (χ1) is 12.0. The topological polar surface area (TPSA) is 42.0 Å². The Hall–Kier alpha value is -2.68. The van der Waals surface area contributed by atoms with Crippen molar-refractivity contribution in [2.24, 2.45) is 0 Å². The van der Waals surface area contributed by atoms with E-state index < -0.39 is 0 Å². The molecule has 0 aliphatic heterocycles. The number of benzene rings is 2. The zero-order chi connectivity index (χ0) is 18.0. The van der Waals surface area contributed by atoms with E-state index in [1.807, 2.05) is 43.3 Å². The number of aromatic nitrogens is 1. The maximum Gasteiger partial charge on any atom is 0.228 e. The molecule has 2 aromatic carbocycles. The second-order valence-electron chi connectivity index (χ2n) is 6.82. The lowest BCUT2D eigenvalue weighted by atomic mass is 9.99. The Labute approximate surface area is 149 Å². The number of nitrogens with one attached hydrogen (secondary N) is 1. The summed E-state index contributed by atoms with van der Waals surface area (Å²) in [5.74, 6) is 0.426. The van der Waals surface area contributed by atoms with Crippen molar-refractivity contribution < 1.29 is 4.79 Å². The van der Waals surface area contributed by atoms with Crippen molar-refractivity contribution in [2.75, 3.05) is 5.32 Å². The number of fused-ring (bicyclic) bond motifs is 1. The second-order valence-corrected chi connectivity index (χ2v) is 6.82. The van der Waals surface area contributed by atoms with Crippen LogP contribution in [0.25, 0.3) is 10.9 Å². The molecule has 0 fully saturated rings. The molecule has 0 bridgehead atoms. The van der Waals surface area contributed by atoms with E-state index in [0.29, 0.717) is 12.3 Å². The van der Waals surface area contributed by atoms with Crippen molar-refractivity contribution in [1.82, 2.24) is 4.98 Å². The van der Waals surface area contributed by atoms with E-state index in [1.54, 1.807) is 0 Å². The molecule has 1 aromatic heterocycles. The number of hydrogen-bond donors (Lipinski definition) is 1. The van der Waals surface area contributed by atoms with E-state index >= 15 is 0 Å². The van der Waals surface area contributed by atoms with Crippen LogP contribution in [0, 0.1) is 13.8 Å². The average Bonchev–Trinajstić information content (AvgIpc) is 2.59. The lowest BCUT2D eigenvalue weighted by Crippen LogP contribution is -2.16. The summed E-state index contributed by atoms with van der Waals surface area (Å²) in [6.45, 7) is 8.34. The van der Waals surface area contributed by atoms with E-state index in [1.165, 1.54) is 5.56 Å². The van der Waals surface area contributed by atoms with Gasteiger partial charge in [-0.05, 0) is 54.7 Å². The highest BCUT2D eigenvalue weighted by molar-refractivity contribution is 5.94. The first kappa shape index (κ1) is 17.2. The monoisotopic (exact) mass is 332 g/mol. The Morgan fingerprint density at radius 3 is 2.60 bits per heavy atom. The average molecular weight is 332 g/mol. The predicted octanol–water partition coefficient (Wildman–Crippen LogP) is 5.16. The van der Waals surface area contributed by atoms with Gasteiger partial charge in [-0.25, -0.2) is 0 Å². The van der Waals surface area contributed by atoms with Gasteiger partial charge in [0.25, 0.3) is 0 Å². The van der Waals surface area contributed by atoms with E-state index in [-0.39, 0.29) is 5.91 Å². The van der Waals surface area contributed by atoms with Crippen LogP contribution < -0.4 is 5.32 Å². The molecule has 0 radical (unpaired) electrons. The zero-order valence-corrected chi connectivity index (χ0v) is 15.3. The summed E-state index contributed by atoms with van der Waals surface area (Å²) < 4.78 is 0. The number of anilines is 1. The molecule has 3 rings (SSSR count). The standard InChI is InChI=1S/C22H24N2O/c1-14(2)17-8-7-9-18(12-17)24-22(25)13-20-15(3)19-10-5-6-11-21(19)23-16(20)4/h5-12,14H,13H2,1-4H3,(H,24,25). The van der Waals surface area contributed by atoms with Crippen LogP contribution in [-0.4, -0.2) is 10.9 Å². The van der Waals surface area contributed by atoms with Crippen LogP contribution in [0.4, 0.5) is 5.69 Å². The Bertz CT molecular complexity index is 928. The minimum atomic E-state index is -0.0100. The molecule has 3 heteroatoms. The van der Waals surface area contributed by atoms with Crippen molar-refractivity contribution in [2.45, 2.75) is 40.0 Å². The van der Waals surface area contributed by atoms with Crippen molar-refractivity contribution in [3.8, 4) is 0 Å². The number of carbonyl (C=O) groups is 1. The molecule has 3 aromatic rings. The molecule has 1 N–H and O–H groups in total. The molecule has 3 nitrogen and oxygen atoms in total. The van der Waals surface area contributed by atoms with Crippen LogP contribution in [0.2, 0.25) is 0 Å². The highest BCUT2D eigenvalue weighted by atomic mass is 16.1. The van der Waals surface area contributed by atoms with Gasteiger partial charge < -0.3 is 5.32 Å². The number of rotatable bonds is 4. The van der Waals surface area contributed by atoms with Crippen molar-refractivity contribution in [3.05, 3.63) is 70.9 Å². The van der Waals surface area contributed by atoms with Gasteiger partial charge >= 0.3 is 0 Å². The normalized spacial score (nSPS) is 11.1. The third-order valence-corrected chi connectivity index (χ3v) is 4.66. The van der Waals surface area contributed by atoms with Gasteiger partial charge in [-0.1, -0.05) is 44.2 Å². The number of pyridine rings is 1. The van der Waals surface area contributed by atoms with E-state index in [9.17, 15) is 4.79 Å². The molecule has 0 saturated carbocycles. The van der Waals surface area contributed by atoms with E-state index in [0.717, 1.165) is 33.4 Å². The Balaban J connectivity index is 1.84. The molecule has 1 amide bonds. The number of carbonyl (C=O) groups excluding carboxylic acids is 1. The molecule has 25 heavy (non-hydrogen) atoms. The van der Waals surface area contributed by atoms with Crippen LogP contribution in [-0.2, 0) is 11.2 Å². The third-order valence-electron chi connectivity index (χ3n) is 4.66. The van der Waals surface area contributed by atoms with Gasteiger partial charge in [0, 0.05) is 16.8 Å². The summed E-state index contributed by atoms with van der Waals surface area (Å²) in [4.78, 5) is 17.2. The van der Waals surface area contributed by atoms with Crippen molar-refractivity contribution >= 4 is 22.5 Å². The van der Waals surface area contributed by atoms with Gasteiger partial charge in [-0.2, -0.15) is 0 Å². The highest BCUT2D eigenvalue weighted by Crippen LogP contribution is 2.24. The predicted molar refractivity (Wildman–Crippen MR) is 104 cm³/mol. The fourth-order valence-electron chi connectivity index (χ4n) is 3.17. The van der Waals surface area contributed by atoms with E-state index in [2.05, 4.69) is 43.2 Å². The fourth-order valence-corrected chi connectivity index (χ4v) is 3.17. The van der Waals surface area contributed by atoms with Crippen LogP contribution in [0.5, 0.6) is 0 Å². The molecule has 0 unspecified atom stereocenters. The molecule has 0 atom stereocenters. The van der Waals surface area contributed by atoms with Gasteiger partial charge in [0.05, 0.1) is 11.9 Å². The summed E-state index contributed by atoms with van der Waals surface area (Å²) in [7, 11) is 0. The zero-order valence-electron chi connectivity index (χ0n) is 15.3. The van der Waals surface area contributed by atoms with Crippen molar-refractivity contribution in [1.29, 1.82) is 0 Å². The van der Waals surface area contributed by atoms with Gasteiger partial charge in [0.1, 0.15) is 0 Å². The van der Waals surface area contributed by atoms with E-state index in [4.69, 9.17) is 0 Å². The minimum absolute atomic E-state index is 0.0100. The molecular formula is C22H24N2O. The lowest BCUT2D eigenvalue weighted by molar-refractivity contribution is -0.115. The van der Waals surface area contributed by atoms with Crippen LogP contribution in [0.15, 0.2) is 48.5 Å². The first-order valence-corrected chi connectivity index (χ1v) is 8.70. The molecule has 0 saturated heterocycles. The summed E-state index contributed by atoms with van der Waals surface area (Å²) in [6, 6.07) is 16.1. The van der Waals surface area contributed by atoms with Gasteiger partial charge in [0.2, 0.25) is 5.91 Å². The molecule has 1 heterocycles. The van der Waals surface area contributed by atoms with Gasteiger partial charge in [-0.3, -0.25) is 9.78 Å². The van der Waals surface area contributed by atoms with Crippen LogP contribution >= 0.6 is 0 Å². The maximum absolute atomic E-state index is 12.6. The van der Waals surface area contributed by atoms with Crippen LogP contribution in [0.1, 0.15) is 42.1 Å². The number of nitrogens with zero attached hydrogens (tertiary/aromatic N) is 1. The molecule has 0 spiro atoms. The Morgan fingerprint density at radius 2 is 1.84 bits per heavy atom. The largest absolute Gasteiger partial charge is 0.326 e. The molecule has 128 valence electrons. The number of amides is 1. The fraction of sp³-hybridized carbons (Fsp3) is 0.273. The SMILES string of the molecule is Cc1nc2ccccc2c(C)c1CC(=O)Nc1cccc(C(C)C)c1. The quantitative estimate of drug-likeness (QED) is 0.717. The third kappa shape index (κ3) is 3.71. The Morgan fingerprint density at radius 1 is 1.08 bits per heavy atom. The molecule has 0 aliphatic rings. The van der Waals surface area contributed by atoms with Gasteiger partial charge in [0.15, 0.2) is 0 Å². The van der Waals surface area contributed by atoms with Crippen molar-refractivity contribution in [3.63, 3.8) is 0 Å². The maximum atomic E-state index is 12.6.